The Morgan fingerprint density at radius 1 is 1.41 bits per heavy atom. The molecule has 1 aliphatic heterocycles. The van der Waals surface area contributed by atoms with Gasteiger partial charge in [-0.2, -0.15) is 11.8 Å². The van der Waals surface area contributed by atoms with Crippen molar-refractivity contribution in [1.82, 2.24) is 15.0 Å². The lowest BCUT2D eigenvalue weighted by Gasteiger charge is -2.05. The second-order valence-electron chi connectivity index (χ2n) is 4.02. The van der Waals surface area contributed by atoms with E-state index in [0.29, 0.717) is 5.82 Å². The predicted molar refractivity (Wildman–Crippen MR) is 67.8 cm³/mol. The van der Waals surface area contributed by atoms with Crippen LogP contribution in [-0.2, 0) is 11.5 Å². The van der Waals surface area contributed by atoms with E-state index in [9.17, 15) is 4.79 Å². The standard InChI is InChI=1S/C12H11N3OS/c1-7-2-3-13-4-8(7)11-14-10-6-17-5-9(10)12(16)15-11/h2-4H,5-6H2,1H3,(H,14,15,16). The van der Waals surface area contributed by atoms with Crippen LogP contribution in [0.4, 0.5) is 0 Å². The van der Waals surface area contributed by atoms with E-state index in [2.05, 4.69) is 15.0 Å². The van der Waals surface area contributed by atoms with Crippen molar-refractivity contribution >= 4 is 11.8 Å². The number of rotatable bonds is 1. The number of thioether (sulfide) groups is 1. The first-order valence-electron chi connectivity index (χ1n) is 5.36. The minimum Gasteiger partial charge on any atom is -0.306 e. The lowest BCUT2D eigenvalue weighted by Crippen LogP contribution is -2.15. The van der Waals surface area contributed by atoms with Crippen LogP contribution in [0.2, 0.25) is 0 Å². The maximum Gasteiger partial charge on any atom is 0.255 e. The van der Waals surface area contributed by atoms with Crippen LogP contribution >= 0.6 is 11.8 Å². The van der Waals surface area contributed by atoms with Gasteiger partial charge in [-0.05, 0) is 18.6 Å². The molecule has 2 aromatic rings. The van der Waals surface area contributed by atoms with E-state index < -0.39 is 0 Å². The molecule has 0 spiro atoms. The Morgan fingerprint density at radius 3 is 3.12 bits per heavy atom. The number of nitrogens with one attached hydrogen (secondary N) is 1. The average Bonchev–Trinajstić information content (AvgIpc) is 2.78. The van der Waals surface area contributed by atoms with Gasteiger partial charge in [0.15, 0.2) is 0 Å². The van der Waals surface area contributed by atoms with Crippen molar-refractivity contribution in [3.8, 4) is 11.4 Å². The molecule has 1 N–H and O–H groups in total. The third kappa shape index (κ3) is 1.76. The van der Waals surface area contributed by atoms with Gasteiger partial charge >= 0.3 is 0 Å². The fraction of sp³-hybridized carbons (Fsp3) is 0.250. The van der Waals surface area contributed by atoms with E-state index in [1.165, 1.54) is 0 Å². The quantitative estimate of drug-likeness (QED) is 0.833. The van der Waals surface area contributed by atoms with Crippen molar-refractivity contribution in [3.63, 3.8) is 0 Å². The van der Waals surface area contributed by atoms with Crippen LogP contribution in [0.3, 0.4) is 0 Å². The summed E-state index contributed by atoms with van der Waals surface area (Å²) in [5, 5.41) is 0. The van der Waals surface area contributed by atoms with Crippen molar-refractivity contribution in [2.75, 3.05) is 0 Å². The van der Waals surface area contributed by atoms with Crippen LogP contribution < -0.4 is 5.56 Å². The number of aromatic nitrogens is 3. The van der Waals surface area contributed by atoms with Gasteiger partial charge < -0.3 is 4.98 Å². The number of hydrogen-bond donors (Lipinski definition) is 1. The normalized spacial score (nSPS) is 13.7. The Kier molecular flexibility index (Phi) is 2.48. The molecule has 2 aromatic heterocycles. The summed E-state index contributed by atoms with van der Waals surface area (Å²) in [6.07, 6.45) is 3.47. The highest BCUT2D eigenvalue weighted by molar-refractivity contribution is 7.98. The van der Waals surface area contributed by atoms with Gasteiger partial charge in [0.25, 0.3) is 5.56 Å². The summed E-state index contributed by atoms with van der Waals surface area (Å²) in [7, 11) is 0. The highest BCUT2D eigenvalue weighted by Crippen LogP contribution is 2.27. The van der Waals surface area contributed by atoms with Gasteiger partial charge in [0, 0.05) is 35.0 Å². The monoisotopic (exact) mass is 245 g/mol. The first kappa shape index (κ1) is 10.5. The number of nitrogens with zero attached hydrogens (tertiary/aromatic N) is 2. The first-order chi connectivity index (χ1) is 8.25. The molecule has 0 aromatic carbocycles. The molecule has 3 rings (SSSR count). The van der Waals surface area contributed by atoms with E-state index >= 15 is 0 Å². The number of aromatic amines is 1. The van der Waals surface area contributed by atoms with Crippen molar-refractivity contribution < 1.29 is 0 Å². The number of fused-ring (bicyclic) bond motifs is 1. The molecule has 5 heteroatoms. The molecule has 0 atom stereocenters. The maximum absolute atomic E-state index is 11.9. The minimum atomic E-state index is -0.0155. The third-order valence-electron chi connectivity index (χ3n) is 2.88. The van der Waals surface area contributed by atoms with E-state index in [-0.39, 0.29) is 5.56 Å². The summed E-state index contributed by atoms with van der Waals surface area (Å²) in [4.78, 5) is 23.3. The Labute approximate surface area is 103 Å². The van der Waals surface area contributed by atoms with Crippen LogP contribution in [0.15, 0.2) is 23.3 Å². The van der Waals surface area contributed by atoms with Gasteiger partial charge in [-0.15, -0.1) is 0 Å². The third-order valence-corrected chi connectivity index (χ3v) is 3.85. The summed E-state index contributed by atoms with van der Waals surface area (Å²) >= 11 is 1.73. The number of pyridine rings is 1. The van der Waals surface area contributed by atoms with Crippen LogP contribution in [0.1, 0.15) is 16.8 Å². The van der Waals surface area contributed by atoms with Crippen molar-refractivity contribution in [2.24, 2.45) is 0 Å². The maximum atomic E-state index is 11.9. The molecule has 0 saturated heterocycles. The van der Waals surface area contributed by atoms with Gasteiger partial charge in [0.1, 0.15) is 5.82 Å². The Hall–Kier alpha value is -1.62. The van der Waals surface area contributed by atoms with E-state index in [0.717, 1.165) is 33.9 Å². The molecular formula is C12H11N3OS. The summed E-state index contributed by atoms with van der Waals surface area (Å²) in [6.45, 7) is 1.99. The second-order valence-corrected chi connectivity index (χ2v) is 5.01. The van der Waals surface area contributed by atoms with Gasteiger partial charge in [-0.1, -0.05) is 0 Å². The van der Waals surface area contributed by atoms with Crippen molar-refractivity contribution in [1.29, 1.82) is 0 Å². The van der Waals surface area contributed by atoms with Gasteiger partial charge in [-0.3, -0.25) is 9.78 Å². The smallest absolute Gasteiger partial charge is 0.255 e. The van der Waals surface area contributed by atoms with E-state index in [4.69, 9.17) is 0 Å². The fourth-order valence-electron chi connectivity index (χ4n) is 1.90. The lowest BCUT2D eigenvalue weighted by molar-refractivity contribution is 1.03. The van der Waals surface area contributed by atoms with Gasteiger partial charge in [0.05, 0.1) is 5.69 Å². The molecule has 0 aliphatic carbocycles. The Bertz CT molecular complexity index is 636. The predicted octanol–water partition coefficient (Wildman–Crippen LogP) is 1.89. The largest absolute Gasteiger partial charge is 0.306 e. The number of H-pyrrole nitrogens is 1. The van der Waals surface area contributed by atoms with Crippen LogP contribution in [0.5, 0.6) is 0 Å². The molecule has 0 bridgehead atoms. The molecule has 4 nitrogen and oxygen atoms in total. The Morgan fingerprint density at radius 2 is 2.29 bits per heavy atom. The zero-order valence-corrected chi connectivity index (χ0v) is 10.2. The highest BCUT2D eigenvalue weighted by Gasteiger charge is 2.18. The molecular weight excluding hydrogens is 234 g/mol. The van der Waals surface area contributed by atoms with Crippen LogP contribution in [0.25, 0.3) is 11.4 Å². The van der Waals surface area contributed by atoms with Gasteiger partial charge in [-0.25, -0.2) is 4.98 Å². The summed E-state index contributed by atoms with van der Waals surface area (Å²) in [5.74, 6) is 2.22. The fourth-order valence-corrected chi connectivity index (χ4v) is 2.94. The molecule has 0 amide bonds. The zero-order chi connectivity index (χ0) is 11.8. The van der Waals surface area contributed by atoms with Gasteiger partial charge in [0.2, 0.25) is 0 Å². The van der Waals surface area contributed by atoms with Crippen molar-refractivity contribution in [2.45, 2.75) is 18.4 Å². The molecule has 0 fully saturated rings. The molecule has 86 valence electrons. The van der Waals surface area contributed by atoms with Crippen LogP contribution in [0, 0.1) is 6.92 Å². The summed E-state index contributed by atoms with van der Waals surface area (Å²) in [6, 6.07) is 1.91. The number of hydrogen-bond acceptors (Lipinski definition) is 4. The summed E-state index contributed by atoms with van der Waals surface area (Å²) < 4.78 is 0. The minimum absolute atomic E-state index is 0.0155. The van der Waals surface area contributed by atoms with E-state index in [1.807, 2.05) is 13.0 Å². The zero-order valence-electron chi connectivity index (χ0n) is 9.36. The second kappa shape index (κ2) is 4.00. The van der Waals surface area contributed by atoms with Crippen molar-refractivity contribution in [3.05, 3.63) is 45.6 Å². The molecule has 0 radical (unpaired) electrons. The summed E-state index contributed by atoms with van der Waals surface area (Å²) in [5.41, 5.74) is 3.67. The molecule has 17 heavy (non-hydrogen) atoms. The average molecular weight is 245 g/mol. The molecule has 0 saturated carbocycles. The first-order valence-corrected chi connectivity index (χ1v) is 6.52. The molecule has 3 heterocycles. The Balaban J connectivity index is 2.20. The topological polar surface area (TPSA) is 58.6 Å². The lowest BCUT2D eigenvalue weighted by atomic mass is 10.1. The number of aryl methyl sites for hydroxylation is 1. The molecule has 0 unspecified atom stereocenters. The highest BCUT2D eigenvalue weighted by atomic mass is 32.2. The van der Waals surface area contributed by atoms with Crippen LogP contribution in [-0.4, -0.2) is 15.0 Å². The molecule has 1 aliphatic rings. The SMILES string of the molecule is Cc1ccncc1-c1nc2c(c(=O)[nH]1)CSC2. The van der Waals surface area contributed by atoms with E-state index in [1.54, 1.807) is 24.2 Å².